The van der Waals surface area contributed by atoms with E-state index in [1.54, 1.807) is 13.3 Å². The van der Waals surface area contributed by atoms with Gasteiger partial charge >= 0.3 is 0 Å². The van der Waals surface area contributed by atoms with Crippen LogP contribution >= 0.6 is 11.3 Å². The molecular formula is C19H19N5O3S. The van der Waals surface area contributed by atoms with Crippen molar-refractivity contribution in [1.29, 1.82) is 0 Å². The second-order valence-electron chi connectivity index (χ2n) is 6.18. The van der Waals surface area contributed by atoms with E-state index in [1.165, 1.54) is 11.3 Å². The van der Waals surface area contributed by atoms with Crippen LogP contribution in [-0.4, -0.2) is 39.6 Å². The Bertz CT molecular complexity index is 1010. The van der Waals surface area contributed by atoms with Crippen molar-refractivity contribution in [1.82, 2.24) is 14.8 Å². The van der Waals surface area contributed by atoms with Crippen molar-refractivity contribution in [3.8, 4) is 17.0 Å². The van der Waals surface area contributed by atoms with Crippen LogP contribution in [-0.2, 0) is 16.2 Å². The Morgan fingerprint density at radius 3 is 2.89 bits per heavy atom. The molecule has 2 aromatic heterocycles. The van der Waals surface area contributed by atoms with Crippen molar-refractivity contribution >= 4 is 28.1 Å². The van der Waals surface area contributed by atoms with Gasteiger partial charge in [0.15, 0.2) is 5.13 Å². The zero-order chi connectivity index (χ0) is 19.5. The number of ether oxygens (including phenoxy) is 1. The Hall–Kier alpha value is -3.20. The van der Waals surface area contributed by atoms with E-state index in [9.17, 15) is 4.79 Å². The van der Waals surface area contributed by atoms with Crippen molar-refractivity contribution < 1.29 is 14.4 Å². The van der Waals surface area contributed by atoms with E-state index in [4.69, 9.17) is 9.57 Å². The number of oxime groups is 1. The molecule has 4 rings (SSSR count). The molecule has 3 aromatic rings. The SMILES string of the molecule is CCn1cc(-c2csc(NC(=O)C3CC(c4ccc(OC)cc4)=NO3)n2)cn1. The van der Waals surface area contributed by atoms with Gasteiger partial charge in [0.25, 0.3) is 5.91 Å². The highest BCUT2D eigenvalue weighted by molar-refractivity contribution is 7.14. The lowest BCUT2D eigenvalue weighted by atomic mass is 10.0. The van der Waals surface area contributed by atoms with Gasteiger partial charge in [0.2, 0.25) is 6.10 Å². The summed E-state index contributed by atoms with van der Waals surface area (Å²) in [6, 6.07) is 7.49. The van der Waals surface area contributed by atoms with Gasteiger partial charge in [-0.15, -0.1) is 11.3 Å². The summed E-state index contributed by atoms with van der Waals surface area (Å²) in [4.78, 5) is 22.3. The maximum Gasteiger partial charge on any atom is 0.270 e. The van der Waals surface area contributed by atoms with E-state index >= 15 is 0 Å². The van der Waals surface area contributed by atoms with Gasteiger partial charge < -0.3 is 9.57 Å². The van der Waals surface area contributed by atoms with E-state index in [-0.39, 0.29) is 5.91 Å². The number of aromatic nitrogens is 3. The summed E-state index contributed by atoms with van der Waals surface area (Å²) in [5.74, 6) is 0.499. The Morgan fingerprint density at radius 1 is 1.36 bits per heavy atom. The number of carbonyl (C=O) groups excluding carboxylic acids is 1. The van der Waals surface area contributed by atoms with Crippen LogP contribution in [0.1, 0.15) is 18.9 Å². The molecule has 1 atom stereocenters. The Morgan fingerprint density at radius 2 is 2.18 bits per heavy atom. The summed E-state index contributed by atoms with van der Waals surface area (Å²) < 4.78 is 6.98. The summed E-state index contributed by atoms with van der Waals surface area (Å²) in [6.07, 6.45) is 3.42. The third-order valence-corrected chi connectivity index (χ3v) is 5.13. The largest absolute Gasteiger partial charge is 0.497 e. The van der Waals surface area contributed by atoms with E-state index in [0.29, 0.717) is 11.6 Å². The normalized spacial score (nSPS) is 15.8. The molecule has 1 amide bonds. The third kappa shape index (κ3) is 3.74. The van der Waals surface area contributed by atoms with Crippen LogP contribution in [0.5, 0.6) is 5.75 Å². The number of amides is 1. The minimum Gasteiger partial charge on any atom is -0.497 e. The average Bonchev–Trinajstić information content (AvgIpc) is 3.47. The molecule has 8 nitrogen and oxygen atoms in total. The van der Waals surface area contributed by atoms with Crippen LogP contribution in [0.25, 0.3) is 11.3 Å². The van der Waals surface area contributed by atoms with Crippen molar-refractivity contribution in [3.05, 3.63) is 47.6 Å². The number of anilines is 1. The van der Waals surface area contributed by atoms with Crippen LogP contribution in [0.15, 0.2) is 47.2 Å². The van der Waals surface area contributed by atoms with E-state index in [1.807, 2.05) is 47.4 Å². The van der Waals surface area contributed by atoms with E-state index in [0.717, 1.165) is 34.8 Å². The predicted octanol–water partition coefficient (Wildman–Crippen LogP) is 3.17. The maximum absolute atomic E-state index is 12.5. The summed E-state index contributed by atoms with van der Waals surface area (Å²) in [5.41, 5.74) is 3.33. The molecule has 28 heavy (non-hydrogen) atoms. The molecule has 0 aliphatic carbocycles. The number of carbonyl (C=O) groups is 1. The summed E-state index contributed by atoms with van der Waals surface area (Å²) in [7, 11) is 1.62. The number of benzene rings is 1. The Balaban J connectivity index is 1.37. The van der Waals surface area contributed by atoms with Crippen LogP contribution in [0.3, 0.4) is 0 Å². The van der Waals surface area contributed by atoms with Gasteiger partial charge in [-0.25, -0.2) is 4.98 Å². The topological polar surface area (TPSA) is 90.6 Å². The second kappa shape index (κ2) is 7.81. The third-order valence-electron chi connectivity index (χ3n) is 4.37. The van der Waals surface area contributed by atoms with Gasteiger partial charge in [-0.3, -0.25) is 14.8 Å². The van der Waals surface area contributed by atoms with Crippen molar-refractivity contribution in [3.63, 3.8) is 0 Å². The highest BCUT2D eigenvalue weighted by Crippen LogP contribution is 2.26. The van der Waals surface area contributed by atoms with E-state index in [2.05, 4.69) is 20.6 Å². The molecule has 0 radical (unpaired) electrons. The van der Waals surface area contributed by atoms with E-state index < -0.39 is 6.10 Å². The highest BCUT2D eigenvalue weighted by atomic mass is 32.1. The number of hydrogen-bond donors (Lipinski definition) is 1. The lowest BCUT2D eigenvalue weighted by Gasteiger charge is -2.07. The minimum atomic E-state index is -0.674. The first kappa shape index (κ1) is 18.2. The molecule has 0 spiro atoms. The fraction of sp³-hybridized carbons (Fsp3) is 0.263. The fourth-order valence-corrected chi connectivity index (χ4v) is 3.51. The van der Waals surface area contributed by atoms with Crippen LogP contribution in [0.4, 0.5) is 5.13 Å². The molecule has 1 aliphatic rings. The maximum atomic E-state index is 12.5. The molecule has 1 aliphatic heterocycles. The number of methoxy groups -OCH3 is 1. The van der Waals surface area contributed by atoms with Gasteiger partial charge in [-0.2, -0.15) is 5.10 Å². The first-order chi connectivity index (χ1) is 13.7. The lowest BCUT2D eigenvalue weighted by Crippen LogP contribution is -2.28. The molecule has 1 N–H and O–H groups in total. The monoisotopic (exact) mass is 397 g/mol. The van der Waals surface area contributed by atoms with Gasteiger partial charge in [0.1, 0.15) is 5.75 Å². The van der Waals surface area contributed by atoms with Crippen LogP contribution in [0, 0.1) is 0 Å². The number of rotatable bonds is 6. The molecule has 0 saturated heterocycles. The second-order valence-corrected chi connectivity index (χ2v) is 7.03. The van der Waals surface area contributed by atoms with Crippen molar-refractivity contribution in [2.75, 3.05) is 12.4 Å². The number of aryl methyl sites for hydroxylation is 1. The Labute approximate surface area is 165 Å². The zero-order valence-corrected chi connectivity index (χ0v) is 16.3. The number of hydrogen-bond acceptors (Lipinski definition) is 7. The van der Waals surface area contributed by atoms with Gasteiger partial charge in [0, 0.05) is 30.1 Å². The smallest absolute Gasteiger partial charge is 0.270 e. The molecular weight excluding hydrogens is 378 g/mol. The summed E-state index contributed by atoms with van der Waals surface area (Å²) >= 11 is 1.36. The van der Waals surface area contributed by atoms with Gasteiger partial charge in [-0.05, 0) is 36.8 Å². The summed E-state index contributed by atoms with van der Waals surface area (Å²) in [5, 5.41) is 13.5. The fourth-order valence-electron chi connectivity index (χ4n) is 2.79. The number of nitrogens with zero attached hydrogens (tertiary/aromatic N) is 4. The molecule has 144 valence electrons. The Kier molecular flexibility index (Phi) is 5.07. The molecule has 0 fully saturated rings. The zero-order valence-electron chi connectivity index (χ0n) is 15.5. The number of nitrogens with one attached hydrogen (secondary N) is 1. The molecule has 0 bridgehead atoms. The standard InChI is InChI=1S/C19H19N5O3S/c1-3-24-10-13(9-20-24)16-11-28-19(21-16)22-18(25)17-8-15(23-27-17)12-4-6-14(26-2)7-5-12/h4-7,9-11,17H,3,8H2,1-2H3,(H,21,22,25). The van der Waals surface area contributed by atoms with Gasteiger partial charge in [0.05, 0.1) is 24.7 Å². The lowest BCUT2D eigenvalue weighted by molar-refractivity contribution is -0.125. The molecule has 1 unspecified atom stereocenters. The minimum absolute atomic E-state index is 0.266. The molecule has 0 saturated carbocycles. The highest BCUT2D eigenvalue weighted by Gasteiger charge is 2.29. The average molecular weight is 397 g/mol. The number of thiazole rings is 1. The predicted molar refractivity (Wildman–Crippen MR) is 107 cm³/mol. The quantitative estimate of drug-likeness (QED) is 0.690. The van der Waals surface area contributed by atoms with Crippen molar-refractivity contribution in [2.24, 2.45) is 5.16 Å². The van der Waals surface area contributed by atoms with Crippen LogP contribution < -0.4 is 10.1 Å². The van der Waals surface area contributed by atoms with Crippen LogP contribution in [0.2, 0.25) is 0 Å². The molecule has 9 heteroatoms. The molecule has 3 heterocycles. The summed E-state index contributed by atoms with van der Waals surface area (Å²) in [6.45, 7) is 2.82. The van der Waals surface area contributed by atoms with Crippen molar-refractivity contribution in [2.45, 2.75) is 26.0 Å². The first-order valence-corrected chi connectivity index (χ1v) is 9.70. The first-order valence-electron chi connectivity index (χ1n) is 8.82. The molecule has 1 aromatic carbocycles. The van der Waals surface area contributed by atoms with Gasteiger partial charge in [-0.1, -0.05) is 5.16 Å².